The van der Waals surface area contributed by atoms with Gasteiger partial charge < -0.3 is 15.4 Å². The number of rotatable bonds is 8. The van der Waals surface area contributed by atoms with E-state index in [4.69, 9.17) is 16.3 Å². The molecule has 0 aliphatic rings. The van der Waals surface area contributed by atoms with Crippen molar-refractivity contribution in [3.8, 4) is 5.75 Å². The first-order chi connectivity index (χ1) is 13.3. The van der Waals surface area contributed by atoms with E-state index in [1.807, 2.05) is 45.9 Å². The van der Waals surface area contributed by atoms with Gasteiger partial charge in [-0.05, 0) is 55.7 Å². The van der Waals surface area contributed by atoms with Gasteiger partial charge in [0.2, 0.25) is 5.91 Å². The largest absolute Gasteiger partial charge is 0.494 e. The second-order valence-corrected chi connectivity index (χ2v) is 7.31. The Kier molecular flexibility index (Phi) is 7.88. The molecule has 0 aromatic heterocycles. The molecule has 28 heavy (non-hydrogen) atoms. The minimum atomic E-state index is -0.663. The number of nitrogens with one attached hydrogen (secondary N) is 2. The number of carbonyl (C=O) groups excluding carboxylic acids is 2. The van der Waals surface area contributed by atoms with Crippen molar-refractivity contribution in [1.82, 2.24) is 10.6 Å². The molecule has 2 rings (SSSR count). The Morgan fingerprint density at radius 1 is 1.00 bits per heavy atom. The maximum absolute atomic E-state index is 12.8. The van der Waals surface area contributed by atoms with Gasteiger partial charge in [-0.15, -0.1) is 0 Å². The summed E-state index contributed by atoms with van der Waals surface area (Å²) < 4.78 is 5.39. The first kappa shape index (κ1) is 21.8. The average Bonchev–Trinajstić information content (AvgIpc) is 2.66. The molecule has 0 bridgehead atoms. The van der Waals surface area contributed by atoms with E-state index in [1.54, 1.807) is 30.3 Å². The third-order valence-corrected chi connectivity index (χ3v) is 4.74. The number of hydrogen-bond acceptors (Lipinski definition) is 3. The van der Waals surface area contributed by atoms with E-state index >= 15 is 0 Å². The Labute approximate surface area is 171 Å². The molecule has 0 spiro atoms. The Morgan fingerprint density at radius 3 is 2.21 bits per heavy atom. The van der Waals surface area contributed by atoms with Crippen LogP contribution in [0.15, 0.2) is 48.5 Å². The molecule has 2 unspecified atom stereocenters. The molecular formula is C22H27ClN2O3. The second kappa shape index (κ2) is 10.1. The van der Waals surface area contributed by atoms with Crippen molar-refractivity contribution < 1.29 is 14.3 Å². The van der Waals surface area contributed by atoms with Crippen molar-refractivity contribution in [3.05, 3.63) is 64.7 Å². The van der Waals surface area contributed by atoms with Crippen molar-refractivity contribution in [2.75, 3.05) is 6.61 Å². The van der Waals surface area contributed by atoms with E-state index in [2.05, 4.69) is 10.6 Å². The number of amides is 2. The van der Waals surface area contributed by atoms with E-state index in [9.17, 15) is 9.59 Å². The zero-order chi connectivity index (χ0) is 20.7. The lowest BCUT2D eigenvalue weighted by molar-refractivity contribution is -0.124. The molecule has 5 nitrogen and oxygen atoms in total. The predicted octanol–water partition coefficient (Wildman–Crippen LogP) is 4.37. The quantitative estimate of drug-likeness (QED) is 0.688. The summed E-state index contributed by atoms with van der Waals surface area (Å²) in [4.78, 5) is 25.4. The fraction of sp³-hybridized carbons (Fsp3) is 0.364. The number of benzene rings is 2. The van der Waals surface area contributed by atoms with Crippen LogP contribution in [0, 0.1) is 5.92 Å². The van der Waals surface area contributed by atoms with Crippen molar-refractivity contribution in [3.63, 3.8) is 0 Å². The summed E-state index contributed by atoms with van der Waals surface area (Å²) in [7, 11) is 0. The highest BCUT2D eigenvalue weighted by atomic mass is 35.5. The second-order valence-electron chi connectivity index (χ2n) is 6.90. The van der Waals surface area contributed by atoms with Gasteiger partial charge in [0, 0.05) is 10.6 Å². The minimum Gasteiger partial charge on any atom is -0.494 e. The Balaban J connectivity index is 2.06. The third-order valence-electron chi connectivity index (χ3n) is 4.39. The van der Waals surface area contributed by atoms with Gasteiger partial charge in [-0.1, -0.05) is 43.6 Å². The van der Waals surface area contributed by atoms with E-state index < -0.39 is 6.04 Å². The van der Waals surface area contributed by atoms with E-state index in [1.165, 1.54) is 0 Å². The van der Waals surface area contributed by atoms with E-state index in [0.717, 1.165) is 5.56 Å². The molecule has 0 saturated carbocycles. The van der Waals surface area contributed by atoms with Crippen LogP contribution in [-0.2, 0) is 4.79 Å². The van der Waals surface area contributed by atoms with Crippen LogP contribution in [0.25, 0.3) is 0 Å². The maximum Gasteiger partial charge on any atom is 0.251 e. The fourth-order valence-electron chi connectivity index (χ4n) is 2.84. The van der Waals surface area contributed by atoms with Crippen LogP contribution >= 0.6 is 11.6 Å². The molecule has 2 amide bonds. The zero-order valence-corrected chi connectivity index (χ0v) is 17.4. The Bertz CT molecular complexity index is 806. The highest BCUT2D eigenvalue weighted by Gasteiger charge is 2.26. The molecule has 2 N–H and O–H groups in total. The number of hydrogen-bond donors (Lipinski definition) is 2. The Hall–Kier alpha value is -2.53. The van der Waals surface area contributed by atoms with Crippen LogP contribution in [0.4, 0.5) is 0 Å². The molecule has 0 saturated heterocycles. The van der Waals surface area contributed by atoms with E-state index in [0.29, 0.717) is 22.9 Å². The zero-order valence-electron chi connectivity index (χ0n) is 16.7. The summed E-state index contributed by atoms with van der Waals surface area (Å²) in [6.45, 7) is 8.11. The molecule has 0 fully saturated rings. The lowest BCUT2D eigenvalue weighted by atomic mass is 10.0. The minimum absolute atomic E-state index is 0.0786. The summed E-state index contributed by atoms with van der Waals surface area (Å²) in [6, 6.07) is 13.3. The number of ether oxygens (including phenoxy) is 1. The lowest BCUT2D eigenvalue weighted by Gasteiger charge is -2.24. The van der Waals surface area contributed by atoms with Gasteiger partial charge in [-0.2, -0.15) is 0 Å². The molecule has 2 atom stereocenters. The standard InChI is InChI=1S/C22H27ClN2O3/c1-5-28-17-12-10-16(11-13-17)21(26)25-20(14(2)3)22(27)24-15(4)18-8-6-7-9-19(18)23/h6-15,20H,5H2,1-4H3,(H,24,27)(H,25,26). The van der Waals surface area contributed by atoms with Gasteiger partial charge in [0.15, 0.2) is 0 Å². The van der Waals surface area contributed by atoms with Crippen LogP contribution in [0.2, 0.25) is 5.02 Å². The van der Waals surface area contributed by atoms with Crippen LogP contribution in [0.5, 0.6) is 5.75 Å². The van der Waals surface area contributed by atoms with Crippen molar-refractivity contribution in [2.45, 2.75) is 39.8 Å². The maximum atomic E-state index is 12.8. The SMILES string of the molecule is CCOc1ccc(C(=O)NC(C(=O)NC(C)c2ccccc2Cl)C(C)C)cc1. The molecule has 2 aromatic rings. The monoisotopic (exact) mass is 402 g/mol. The predicted molar refractivity (Wildman–Crippen MR) is 112 cm³/mol. The molecule has 2 aromatic carbocycles. The van der Waals surface area contributed by atoms with Gasteiger partial charge >= 0.3 is 0 Å². The van der Waals surface area contributed by atoms with Crippen LogP contribution in [0.1, 0.15) is 49.7 Å². The summed E-state index contributed by atoms with van der Waals surface area (Å²) >= 11 is 6.21. The first-order valence-corrected chi connectivity index (χ1v) is 9.79. The summed E-state index contributed by atoms with van der Waals surface area (Å²) in [6.07, 6.45) is 0. The normalized spacial score (nSPS) is 12.9. The van der Waals surface area contributed by atoms with Gasteiger partial charge in [-0.3, -0.25) is 9.59 Å². The third kappa shape index (κ3) is 5.73. The molecule has 0 radical (unpaired) electrons. The Morgan fingerprint density at radius 2 is 1.64 bits per heavy atom. The molecule has 0 aliphatic heterocycles. The topological polar surface area (TPSA) is 67.4 Å². The average molecular weight is 403 g/mol. The fourth-order valence-corrected chi connectivity index (χ4v) is 3.14. The highest BCUT2D eigenvalue weighted by Crippen LogP contribution is 2.22. The molecule has 0 aliphatic carbocycles. The highest BCUT2D eigenvalue weighted by molar-refractivity contribution is 6.31. The molecule has 6 heteroatoms. The van der Waals surface area contributed by atoms with Crippen LogP contribution in [-0.4, -0.2) is 24.5 Å². The number of carbonyl (C=O) groups is 2. The lowest BCUT2D eigenvalue weighted by Crippen LogP contribution is -2.50. The van der Waals surface area contributed by atoms with Crippen molar-refractivity contribution >= 4 is 23.4 Å². The van der Waals surface area contributed by atoms with Gasteiger partial charge in [0.25, 0.3) is 5.91 Å². The van der Waals surface area contributed by atoms with Crippen molar-refractivity contribution in [2.24, 2.45) is 5.92 Å². The smallest absolute Gasteiger partial charge is 0.251 e. The van der Waals surface area contributed by atoms with Gasteiger partial charge in [-0.25, -0.2) is 0 Å². The molecular weight excluding hydrogens is 376 g/mol. The van der Waals surface area contributed by atoms with Crippen LogP contribution < -0.4 is 15.4 Å². The summed E-state index contributed by atoms with van der Waals surface area (Å²) in [5, 5.41) is 6.37. The molecule has 0 heterocycles. The molecule has 150 valence electrons. The van der Waals surface area contributed by atoms with Gasteiger partial charge in [0.1, 0.15) is 11.8 Å². The number of halogens is 1. The summed E-state index contributed by atoms with van der Waals surface area (Å²) in [5.41, 5.74) is 1.30. The van der Waals surface area contributed by atoms with E-state index in [-0.39, 0.29) is 23.8 Å². The van der Waals surface area contributed by atoms with Crippen LogP contribution in [0.3, 0.4) is 0 Å². The van der Waals surface area contributed by atoms with Gasteiger partial charge in [0.05, 0.1) is 12.6 Å². The first-order valence-electron chi connectivity index (χ1n) is 9.42. The summed E-state index contributed by atoms with van der Waals surface area (Å²) in [5.74, 6) is 0.0693. The van der Waals surface area contributed by atoms with Crippen molar-refractivity contribution in [1.29, 1.82) is 0 Å².